The lowest BCUT2D eigenvalue weighted by Crippen LogP contribution is -2.39. The first-order chi connectivity index (χ1) is 17.8. The molecule has 8 nitrogen and oxygen atoms in total. The molecule has 1 aromatic heterocycles. The highest BCUT2D eigenvalue weighted by Crippen LogP contribution is 2.29. The number of nitrogens with one attached hydrogen (secondary N) is 2. The fourth-order valence-corrected chi connectivity index (χ4v) is 4.88. The Labute approximate surface area is 222 Å². The van der Waals surface area contributed by atoms with E-state index in [2.05, 4.69) is 69.4 Å². The van der Waals surface area contributed by atoms with Gasteiger partial charge in [0.05, 0.1) is 5.69 Å². The first-order valence-corrected chi connectivity index (χ1v) is 13.3. The van der Waals surface area contributed by atoms with Crippen molar-refractivity contribution in [2.45, 2.75) is 51.7 Å². The molecule has 1 aliphatic heterocycles. The standard InChI is InChI=1S/C27H34N4O2S.CH2O2/c1-27(2,3)33-26(32)28-16-13-20-9-11-22(12-10-20)29-23-14-17-31(18-15-23)25-30-24(19-34-25)21-7-5-4-6-8-21;2-1-3/h4-12,19,23,29H,13-18H2,1-3H3,(H,28,32);1H,(H,2,3)/p-1. The van der Waals surface area contributed by atoms with Crippen LogP contribution in [-0.4, -0.2) is 48.8 Å². The molecule has 0 spiro atoms. The van der Waals surface area contributed by atoms with E-state index < -0.39 is 12.1 Å². The van der Waals surface area contributed by atoms with Crippen LogP contribution in [0.15, 0.2) is 60.0 Å². The van der Waals surface area contributed by atoms with E-state index in [9.17, 15) is 4.79 Å². The van der Waals surface area contributed by atoms with Crippen molar-refractivity contribution in [3.8, 4) is 11.3 Å². The van der Waals surface area contributed by atoms with E-state index in [4.69, 9.17) is 19.6 Å². The molecule has 0 bridgehead atoms. The Morgan fingerprint density at radius 2 is 1.78 bits per heavy atom. The summed E-state index contributed by atoms with van der Waals surface area (Å²) in [6.45, 7) is 7.67. The molecule has 2 heterocycles. The van der Waals surface area contributed by atoms with Gasteiger partial charge in [0, 0.05) is 48.8 Å². The molecular weight excluding hydrogens is 488 g/mol. The SMILES string of the molecule is CC(C)(C)OC(=O)NCCc1ccc(NC2CCN(c3nc(-c4ccccc4)cs3)CC2)cc1.O=C[O-]. The number of amides is 1. The summed E-state index contributed by atoms with van der Waals surface area (Å²) in [5.41, 5.74) is 4.09. The fourth-order valence-electron chi connectivity index (χ4n) is 3.99. The highest BCUT2D eigenvalue weighted by atomic mass is 32.1. The quantitative estimate of drug-likeness (QED) is 0.444. The van der Waals surface area contributed by atoms with Crippen molar-refractivity contribution in [1.82, 2.24) is 10.3 Å². The van der Waals surface area contributed by atoms with Crippen LogP contribution in [0.1, 0.15) is 39.2 Å². The number of hydrogen-bond acceptors (Lipinski definition) is 8. The molecule has 2 aromatic carbocycles. The second-order valence-electron chi connectivity index (χ2n) is 9.76. The third kappa shape index (κ3) is 9.42. The van der Waals surface area contributed by atoms with Gasteiger partial charge in [0.1, 0.15) is 5.60 Å². The normalized spacial score (nSPS) is 13.8. The molecule has 9 heteroatoms. The number of thiazole rings is 1. The molecular formula is C28H35N4O4S-. The number of piperidine rings is 1. The molecule has 0 radical (unpaired) electrons. The van der Waals surface area contributed by atoms with Crippen LogP contribution >= 0.6 is 11.3 Å². The zero-order chi connectivity index (χ0) is 26.7. The van der Waals surface area contributed by atoms with Gasteiger partial charge in [-0.2, -0.15) is 0 Å². The molecule has 1 saturated heterocycles. The number of aromatic nitrogens is 1. The van der Waals surface area contributed by atoms with Crippen molar-refractivity contribution < 1.29 is 19.4 Å². The molecule has 0 aliphatic carbocycles. The minimum atomic E-state index is -0.500. The number of nitrogens with zero attached hydrogens (tertiary/aromatic N) is 2. The van der Waals surface area contributed by atoms with Crippen LogP contribution < -0.4 is 20.6 Å². The van der Waals surface area contributed by atoms with Crippen LogP contribution in [-0.2, 0) is 16.0 Å². The van der Waals surface area contributed by atoms with Crippen LogP contribution in [0, 0.1) is 0 Å². The van der Waals surface area contributed by atoms with E-state index in [0.29, 0.717) is 12.6 Å². The van der Waals surface area contributed by atoms with Gasteiger partial charge in [-0.1, -0.05) is 42.5 Å². The molecule has 0 saturated carbocycles. The van der Waals surface area contributed by atoms with E-state index >= 15 is 0 Å². The topological polar surface area (TPSA) is 107 Å². The van der Waals surface area contributed by atoms with Crippen molar-refractivity contribution in [1.29, 1.82) is 0 Å². The number of rotatable bonds is 7. The lowest BCUT2D eigenvalue weighted by molar-refractivity contribution is -0.283. The van der Waals surface area contributed by atoms with E-state index in [1.54, 1.807) is 11.3 Å². The highest BCUT2D eigenvalue weighted by molar-refractivity contribution is 7.14. The van der Waals surface area contributed by atoms with E-state index in [1.807, 2.05) is 26.8 Å². The summed E-state index contributed by atoms with van der Waals surface area (Å²) >= 11 is 1.73. The van der Waals surface area contributed by atoms with E-state index in [1.165, 1.54) is 11.1 Å². The minimum absolute atomic E-state index is 0.369. The van der Waals surface area contributed by atoms with Crippen molar-refractivity contribution in [3.05, 3.63) is 65.5 Å². The maximum absolute atomic E-state index is 11.8. The molecule has 4 rings (SSSR count). The molecule has 0 atom stereocenters. The Hall–Kier alpha value is -3.59. The van der Waals surface area contributed by atoms with Crippen LogP contribution in [0.2, 0.25) is 0 Å². The Bertz CT molecular complexity index is 1110. The number of benzene rings is 2. The molecule has 0 unspecified atom stereocenters. The average molecular weight is 524 g/mol. The molecule has 3 aromatic rings. The number of anilines is 2. The van der Waals surface area contributed by atoms with Crippen molar-refractivity contribution in [2.75, 3.05) is 29.9 Å². The summed E-state index contributed by atoms with van der Waals surface area (Å²) in [5, 5.41) is 18.0. The zero-order valence-corrected chi connectivity index (χ0v) is 22.4. The molecule has 37 heavy (non-hydrogen) atoms. The Balaban J connectivity index is 0.00000121. The number of ether oxygens (including phenoxy) is 1. The van der Waals surface area contributed by atoms with Crippen molar-refractivity contribution in [3.63, 3.8) is 0 Å². The van der Waals surface area contributed by atoms with Gasteiger partial charge < -0.3 is 30.2 Å². The Morgan fingerprint density at radius 3 is 2.41 bits per heavy atom. The summed E-state index contributed by atoms with van der Waals surface area (Å²) in [6.07, 6.45) is 2.58. The first kappa shape index (κ1) is 28.0. The fraction of sp³-hybridized carbons (Fsp3) is 0.393. The number of carbonyl (C=O) groups excluding carboxylic acids is 2. The van der Waals surface area contributed by atoms with Gasteiger partial charge in [0.2, 0.25) is 0 Å². The Kier molecular flexibility index (Phi) is 10.3. The Morgan fingerprint density at radius 1 is 1.14 bits per heavy atom. The van der Waals surface area contributed by atoms with Gasteiger partial charge in [-0.25, -0.2) is 9.78 Å². The number of hydrogen-bond donors (Lipinski definition) is 2. The molecule has 1 fully saturated rings. The van der Waals surface area contributed by atoms with Gasteiger partial charge in [0.25, 0.3) is 0 Å². The van der Waals surface area contributed by atoms with Crippen LogP contribution in [0.5, 0.6) is 0 Å². The number of alkyl carbamates (subject to hydrolysis) is 1. The summed E-state index contributed by atoms with van der Waals surface area (Å²) in [6, 6.07) is 19.3. The molecule has 2 N–H and O–H groups in total. The lowest BCUT2D eigenvalue weighted by atomic mass is 10.0. The predicted octanol–water partition coefficient (Wildman–Crippen LogP) is 4.32. The van der Waals surface area contributed by atoms with Crippen molar-refractivity contribution in [2.24, 2.45) is 0 Å². The smallest absolute Gasteiger partial charge is 0.407 e. The third-order valence-corrected chi connectivity index (χ3v) is 6.64. The second-order valence-corrected chi connectivity index (χ2v) is 10.6. The van der Waals surface area contributed by atoms with Crippen molar-refractivity contribution >= 4 is 34.7 Å². The summed E-state index contributed by atoms with van der Waals surface area (Å²) < 4.78 is 5.27. The summed E-state index contributed by atoms with van der Waals surface area (Å²) in [5.74, 6) is 0. The van der Waals surface area contributed by atoms with Crippen LogP contribution in [0.25, 0.3) is 11.3 Å². The van der Waals surface area contributed by atoms with Gasteiger partial charge in [-0.15, -0.1) is 11.3 Å². The zero-order valence-electron chi connectivity index (χ0n) is 21.6. The summed E-state index contributed by atoms with van der Waals surface area (Å²) in [4.78, 5) is 27.3. The largest absolute Gasteiger partial charge is 0.554 e. The minimum Gasteiger partial charge on any atom is -0.554 e. The third-order valence-electron chi connectivity index (χ3n) is 5.73. The van der Waals surface area contributed by atoms with Gasteiger partial charge in [-0.3, -0.25) is 0 Å². The van der Waals surface area contributed by atoms with Crippen LogP contribution in [0.3, 0.4) is 0 Å². The van der Waals surface area contributed by atoms with Gasteiger partial charge in [0.15, 0.2) is 5.13 Å². The lowest BCUT2D eigenvalue weighted by Gasteiger charge is -2.32. The van der Waals surface area contributed by atoms with Gasteiger partial charge in [-0.05, 0) is 57.7 Å². The van der Waals surface area contributed by atoms with Crippen LogP contribution in [0.4, 0.5) is 15.6 Å². The monoisotopic (exact) mass is 523 g/mol. The maximum Gasteiger partial charge on any atom is 0.407 e. The second kappa shape index (κ2) is 13.6. The summed E-state index contributed by atoms with van der Waals surface area (Å²) in [7, 11) is 0. The molecule has 198 valence electrons. The van der Waals surface area contributed by atoms with Gasteiger partial charge >= 0.3 is 6.09 Å². The highest BCUT2D eigenvalue weighted by Gasteiger charge is 2.21. The number of carboxylic acid groups (broad SMARTS) is 1. The molecule has 1 aliphatic rings. The molecule has 1 amide bonds. The van der Waals surface area contributed by atoms with E-state index in [-0.39, 0.29) is 6.09 Å². The van der Waals surface area contributed by atoms with E-state index in [0.717, 1.165) is 48.9 Å². The first-order valence-electron chi connectivity index (χ1n) is 12.4. The maximum atomic E-state index is 11.8. The number of carbonyl (C=O) groups is 2. The predicted molar refractivity (Wildman–Crippen MR) is 147 cm³/mol. The average Bonchev–Trinajstić information content (AvgIpc) is 3.36.